The topological polar surface area (TPSA) is 68.3 Å². The van der Waals surface area contributed by atoms with Crippen molar-refractivity contribution in [2.75, 3.05) is 5.32 Å². The fraction of sp³-hybridized carbons (Fsp3) is 0.150. The molecule has 26 heavy (non-hydrogen) atoms. The number of carbonyl (C=O) groups excluding carboxylic acids is 2. The molecule has 0 aliphatic heterocycles. The lowest BCUT2D eigenvalue weighted by molar-refractivity contribution is -0.124. The van der Waals surface area contributed by atoms with Gasteiger partial charge in [0.2, 0.25) is 0 Å². The number of esters is 1. The van der Waals surface area contributed by atoms with Crippen molar-refractivity contribution in [1.29, 1.82) is 0 Å². The molecule has 1 heterocycles. The Kier molecular flexibility index (Phi) is 5.49. The summed E-state index contributed by atoms with van der Waals surface area (Å²) in [5.41, 5.74) is 0.927. The third kappa shape index (κ3) is 4.00. The maximum Gasteiger partial charge on any atom is 0.339 e. The highest BCUT2D eigenvalue weighted by Gasteiger charge is 2.22. The Balaban J connectivity index is 1.75. The molecule has 3 aromatic rings. The number of amides is 1. The Bertz CT molecular complexity index is 953. The smallest absolute Gasteiger partial charge is 0.339 e. The first-order chi connectivity index (χ1) is 12.6. The van der Waals surface area contributed by atoms with E-state index in [0.717, 1.165) is 10.8 Å². The third-order valence-electron chi connectivity index (χ3n) is 3.92. The predicted molar refractivity (Wildman–Crippen MR) is 101 cm³/mol. The minimum absolute atomic E-state index is 0.188. The Morgan fingerprint density at radius 2 is 1.92 bits per heavy atom. The number of aromatic nitrogens is 1. The minimum atomic E-state index is -0.909. The number of pyridine rings is 1. The van der Waals surface area contributed by atoms with E-state index in [1.165, 1.54) is 18.3 Å². The van der Waals surface area contributed by atoms with E-state index >= 15 is 0 Å². The molecule has 5 nitrogen and oxygen atoms in total. The fourth-order valence-electron chi connectivity index (χ4n) is 2.60. The number of benzene rings is 2. The van der Waals surface area contributed by atoms with E-state index in [9.17, 15) is 9.59 Å². The molecule has 0 saturated carbocycles. The van der Waals surface area contributed by atoms with E-state index in [2.05, 4.69) is 10.3 Å². The van der Waals surface area contributed by atoms with Gasteiger partial charge in [-0.1, -0.05) is 54.9 Å². The van der Waals surface area contributed by atoms with Gasteiger partial charge in [-0.05, 0) is 30.0 Å². The van der Waals surface area contributed by atoms with Gasteiger partial charge in [0.1, 0.15) is 5.15 Å². The van der Waals surface area contributed by atoms with Gasteiger partial charge in [0, 0.05) is 17.3 Å². The van der Waals surface area contributed by atoms with E-state index in [1.54, 1.807) is 6.92 Å². The summed E-state index contributed by atoms with van der Waals surface area (Å²) in [4.78, 5) is 28.7. The summed E-state index contributed by atoms with van der Waals surface area (Å²) in [5, 5.41) is 4.97. The van der Waals surface area contributed by atoms with Gasteiger partial charge >= 0.3 is 5.97 Å². The number of rotatable bonds is 5. The number of anilines is 1. The number of hydrogen-bond donors (Lipinski definition) is 1. The van der Waals surface area contributed by atoms with E-state index in [4.69, 9.17) is 16.3 Å². The first kappa shape index (κ1) is 17.9. The van der Waals surface area contributed by atoms with Crippen molar-refractivity contribution in [3.05, 3.63) is 71.5 Å². The molecule has 132 valence electrons. The summed E-state index contributed by atoms with van der Waals surface area (Å²) in [6, 6.07) is 16.3. The quantitative estimate of drug-likeness (QED) is 0.533. The first-order valence-electron chi connectivity index (χ1n) is 8.19. The minimum Gasteiger partial charge on any atom is -0.449 e. The zero-order valence-electron chi connectivity index (χ0n) is 14.1. The van der Waals surface area contributed by atoms with Gasteiger partial charge in [0.15, 0.2) is 6.10 Å². The molecule has 0 aliphatic carbocycles. The average molecular weight is 369 g/mol. The number of carbonyl (C=O) groups is 2. The standard InChI is InChI=1S/C20H17ClN2O3/c1-2-17(26-20(25)14-10-11-22-18(21)12-14)19(24)23-16-9-5-7-13-6-3-4-8-15(13)16/h3-12,17H,2H2,1H3,(H,23,24). The van der Waals surface area contributed by atoms with Crippen molar-refractivity contribution in [3.8, 4) is 0 Å². The predicted octanol–water partition coefficient (Wildman–Crippen LogP) is 4.46. The van der Waals surface area contributed by atoms with Crippen molar-refractivity contribution in [2.45, 2.75) is 19.4 Å². The average Bonchev–Trinajstić information content (AvgIpc) is 2.66. The summed E-state index contributed by atoms with van der Waals surface area (Å²) in [6.07, 6.45) is 0.852. The number of nitrogens with zero attached hydrogens (tertiary/aromatic N) is 1. The largest absolute Gasteiger partial charge is 0.449 e. The van der Waals surface area contributed by atoms with Crippen molar-refractivity contribution < 1.29 is 14.3 Å². The van der Waals surface area contributed by atoms with Crippen LogP contribution in [0.4, 0.5) is 5.69 Å². The van der Waals surface area contributed by atoms with Gasteiger partial charge in [-0.25, -0.2) is 9.78 Å². The number of hydrogen-bond acceptors (Lipinski definition) is 4. The van der Waals surface area contributed by atoms with Crippen LogP contribution in [0.2, 0.25) is 5.15 Å². The van der Waals surface area contributed by atoms with Gasteiger partial charge in [-0.2, -0.15) is 0 Å². The van der Waals surface area contributed by atoms with Crippen LogP contribution in [0, 0.1) is 0 Å². The number of nitrogens with one attached hydrogen (secondary N) is 1. The zero-order valence-corrected chi connectivity index (χ0v) is 14.9. The van der Waals surface area contributed by atoms with Gasteiger partial charge in [-0.15, -0.1) is 0 Å². The maximum atomic E-state index is 12.6. The van der Waals surface area contributed by atoms with Crippen LogP contribution < -0.4 is 5.32 Å². The third-order valence-corrected chi connectivity index (χ3v) is 4.13. The van der Waals surface area contributed by atoms with Crippen molar-refractivity contribution in [1.82, 2.24) is 4.98 Å². The Labute approximate surface area is 156 Å². The number of fused-ring (bicyclic) bond motifs is 1. The van der Waals surface area contributed by atoms with E-state index in [1.807, 2.05) is 42.5 Å². The summed E-state index contributed by atoms with van der Waals surface area (Å²) in [5.74, 6) is -0.994. The fourth-order valence-corrected chi connectivity index (χ4v) is 2.77. The lowest BCUT2D eigenvalue weighted by atomic mass is 10.1. The van der Waals surface area contributed by atoms with Gasteiger partial charge in [-0.3, -0.25) is 4.79 Å². The molecule has 0 aliphatic rings. The maximum absolute atomic E-state index is 12.6. The lowest BCUT2D eigenvalue weighted by Crippen LogP contribution is -2.32. The Morgan fingerprint density at radius 1 is 1.15 bits per heavy atom. The molecular formula is C20H17ClN2O3. The van der Waals surface area contributed by atoms with Crippen LogP contribution in [-0.4, -0.2) is 23.0 Å². The Hall–Kier alpha value is -2.92. The molecule has 1 N–H and O–H groups in total. The highest BCUT2D eigenvalue weighted by atomic mass is 35.5. The van der Waals surface area contributed by atoms with Crippen LogP contribution in [0.3, 0.4) is 0 Å². The summed E-state index contributed by atoms with van der Waals surface area (Å²) < 4.78 is 5.35. The molecule has 2 aromatic carbocycles. The van der Waals surface area contributed by atoms with Crippen molar-refractivity contribution in [3.63, 3.8) is 0 Å². The molecule has 0 fully saturated rings. The second-order valence-corrected chi connectivity index (χ2v) is 6.07. The van der Waals surface area contributed by atoms with Crippen LogP contribution in [0.5, 0.6) is 0 Å². The van der Waals surface area contributed by atoms with Crippen LogP contribution >= 0.6 is 11.6 Å². The van der Waals surface area contributed by atoms with Gasteiger partial charge in [0.25, 0.3) is 5.91 Å². The lowest BCUT2D eigenvalue weighted by Gasteiger charge is -2.17. The molecule has 1 unspecified atom stereocenters. The summed E-state index contributed by atoms with van der Waals surface area (Å²) in [6.45, 7) is 1.78. The van der Waals surface area contributed by atoms with Crippen LogP contribution in [0.1, 0.15) is 23.7 Å². The van der Waals surface area contributed by atoms with Gasteiger partial charge in [0.05, 0.1) is 5.56 Å². The molecule has 6 heteroatoms. The molecular weight excluding hydrogens is 352 g/mol. The van der Waals surface area contributed by atoms with Crippen LogP contribution in [-0.2, 0) is 9.53 Å². The van der Waals surface area contributed by atoms with Crippen LogP contribution in [0.25, 0.3) is 10.8 Å². The molecule has 1 amide bonds. The molecule has 1 atom stereocenters. The molecule has 3 rings (SSSR count). The van der Waals surface area contributed by atoms with E-state index in [-0.39, 0.29) is 16.6 Å². The normalized spacial score (nSPS) is 11.8. The van der Waals surface area contributed by atoms with Crippen molar-refractivity contribution in [2.24, 2.45) is 0 Å². The van der Waals surface area contributed by atoms with Crippen molar-refractivity contribution >= 4 is 39.9 Å². The molecule has 0 spiro atoms. The zero-order chi connectivity index (χ0) is 18.5. The monoisotopic (exact) mass is 368 g/mol. The molecule has 0 radical (unpaired) electrons. The highest BCUT2D eigenvalue weighted by molar-refractivity contribution is 6.29. The van der Waals surface area contributed by atoms with Crippen LogP contribution in [0.15, 0.2) is 60.8 Å². The number of halogens is 1. The van der Waals surface area contributed by atoms with Gasteiger partial charge < -0.3 is 10.1 Å². The SMILES string of the molecule is CCC(OC(=O)c1ccnc(Cl)c1)C(=O)Nc1cccc2ccccc12. The molecule has 0 saturated heterocycles. The molecule has 1 aromatic heterocycles. The second-order valence-electron chi connectivity index (χ2n) is 5.69. The molecule has 0 bridgehead atoms. The summed E-state index contributed by atoms with van der Waals surface area (Å²) >= 11 is 5.79. The second kappa shape index (κ2) is 7.97. The highest BCUT2D eigenvalue weighted by Crippen LogP contribution is 2.23. The Morgan fingerprint density at radius 3 is 2.69 bits per heavy atom. The van der Waals surface area contributed by atoms with E-state index < -0.39 is 12.1 Å². The summed E-state index contributed by atoms with van der Waals surface area (Å²) in [7, 11) is 0. The van der Waals surface area contributed by atoms with E-state index in [0.29, 0.717) is 12.1 Å². The first-order valence-corrected chi connectivity index (χ1v) is 8.57. The number of ether oxygens (including phenoxy) is 1.